The molecule has 0 saturated heterocycles. The lowest BCUT2D eigenvalue weighted by molar-refractivity contribution is 0.471. The number of H-pyrrole nitrogens is 1. The number of aromatic nitrogens is 3. The number of ether oxygens (including phenoxy) is 1. The van der Waals surface area contributed by atoms with Gasteiger partial charge in [-0.15, -0.1) is 0 Å². The normalized spacial score (nSPS) is 15.5. The maximum atomic E-state index is 11.5. The lowest BCUT2D eigenvalue weighted by Crippen LogP contribution is -2.12. The monoisotopic (exact) mass is 346 g/mol. The molecule has 2 aromatic heterocycles. The number of nitrogens with two attached hydrogens (primary N) is 1. The highest BCUT2D eigenvalue weighted by atomic mass is 16.5. The van der Waals surface area contributed by atoms with E-state index in [9.17, 15) is 4.79 Å². The van der Waals surface area contributed by atoms with Crippen molar-refractivity contribution in [1.82, 2.24) is 15.0 Å². The second-order valence-electron chi connectivity index (χ2n) is 6.23. The zero-order valence-electron chi connectivity index (χ0n) is 14.3. The zero-order chi connectivity index (χ0) is 18.1. The van der Waals surface area contributed by atoms with Gasteiger partial charge in [-0.2, -0.15) is 0 Å². The van der Waals surface area contributed by atoms with Crippen LogP contribution in [0, 0.1) is 6.92 Å². The Morgan fingerprint density at radius 3 is 2.92 bits per heavy atom. The third-order valence-corrected chi connectivity index (χ3v) is 4.43. The predicted molar refractivity (Wildman–Crippen MR) is 100 cm³/mol. The van der Waals surface area contributed by atoms with Crippen LogP contribution in [0.15, 0.2) is 53.5 Å². The van der Waals surface area contributed by atoms with Gasteiger partial charge in [0.1, 0.15) is 11.5 Å². The highest BCUT2D eigenvalue weighted by Crippen LogP contribution is 2.36. The summed E-state index contributed by atoms with van der Waals surface area (Å²) in [5.74, 6) is 1.62. The molecule has 0 fully saturated rings. The van der Waals surface area contributed by atoms with Gasteiger partial charge in [-0.3, -0.25) is 4.79 Å². The molecule has 0 spiro atoms. The molecule has 0 aliphatic heterocycles. The summed E-state index contributed by atoms with van der Waals surface area (Å²) in [6.45, 7) is 1.94. The van der Waals surface area contributed by atoms with Gasteiger partial charge in [0.25, 0.3) is 5.56 Å². The van der Waals surface area contributed by atoms with Crippen LogP contribution in [0.1, 0.15) is 28.4 Å². The number of pyridine rings is 1. The Hall–Kier alpha value is -3.41. The topological polar surface area (TPSA) is 93.9 Å². The number of hydrogen-bond acceptors (Lipinski definition) is 5. The number of para-hydroxylation sites is 1. The smallest absolute Gasteiger partial charge is 0.251 e. The number of nitrogens with one attached hydrogen (secondary N) is 1. The minimum Gasteiger partial charge on any atom is -0.457 e. The molecule has 0 bridgehead atoms. The molecule has 1 atom stereocenters. The van der Waals surface area contributed by atoms with Crippen molar-refractivity contribution in [1.29, 1.82) is 0 Å². The molecule has 1 aromatic carbocycles. The van der Waals surface area contributed by atoms with Gasteiger partial charge in [0.15, 0.2) is 0 Å². The van der Waals surface area contributed by atoms with E-state index in [1.165, 1.54) is 6.07 Å². The first kappa shape index (κ1) is 16.1. The standard InChI is InChI=1S/C20H18N4O2/c1-12-15-7-6-13(10-17(15)24-20(21)23-12)16-4-2-3-5-18(16)26-14-8-9-22-19(25)11-14/h2-9,11,13H,10H2,1H3,(H,22,25)(H2,21,23,24). The molecule has 0 amide bonds. The maximum absolute atomic E-state index is 11.5. The van der Waals surface area contributed by atoms with Crippen molar-refractivity contribution in [2.24, 2.45) is 0 Å². The van der Waals surface area contributed by atoms with Crippen molar-refractivity contribution in [2.45, 2.75) is 19.3 Å². The van der Waals surface area contributed by atoms with E-state index in [-0.39, 0.29) is 11.5 Å². The van der Waals surface area contributed by atoms with Crippen molar-refractivity contribution < 1.29 is 4.74 Å². The SMILES string of the molecule is Cc1nc(N)nc2c1C=CC(c1ccccc1Oc1cc[nH]c(=O)c1)C2. The Balaban J connectivity index is 1.68. The van der Waals surface area contributed by atoms with Gasteiger partial charge in [0.05, 0.1) is 11.4 Å². The van der Waals surface area contributed by atoms with E-state index in [1.807, 2.05) is 37.3 Å². The second kappa shape index (κ2) is 6.48. The maximum Gasteiger partial charge on any atom is 0.251 e. The van der Waals surface area contributed by atoms with Crippen LogP contribution in [-0.4, -0.2) is 15.0 Å². The van der Waals surface area contributed by atoms with E-state index < -0.39 is 0 Å². The number of rotatable bonds is 3. The largest absolute Gasteiger partial charge is 0.457 e. The van der Waals surface area contributed by atoms with Gasteiger partial charge >= 0.3 is 0 Å². The summed E-state index contributed by atoms with van der Waals surface area (Å²) < 4.78 is 5.97. The highest BCUT2D eigenvalue weighted by Gasteiger charge is 2.22. The summed E-state index contributed by atoms with van der Waals surface area (Å²) in [7, 11) is 0. The van der Waals surface area contributed by atoms with Crippen molar-refractivity contribution in [3.05, 3.63) is 81.5 Å². The molecular formula is C20H18N4O2. The lowest BCUT2D eigenvalue weighted by Gasteiger charge is -2.22. The number of aryl methyl sites for hydroxylation is 1. The Kier molecular flexibility index (Phi) is 4.01. The molecule has 130 valence electrons. The van der Waals surface area contributed by atoms with Crippen LogP contribution in [-0.2, 0) is 6.42 Å². The van der Waals surface area contributed by atoms with Crippen LogP contribution >= 0.6 is 0 Å². The van der Waals surface area contributed by atoms with Crippen LogP contribution in [0.25, 0.3) is 6.08 Å². The molecule has 2 heterocycles. The number of allylic oxidation sites excluding steroid dienone is 1. The fraction of sp³-hybridized carbons (Fsp3) is 0.150. The van der Waals surface area contributed by atoms with Gasteiger partial charge in [-0.05, 0) is 19.1 Å². The first-order valence-corrected chi connectivity index (χ1v) is 8.37. The number of benzene rings is 1. The van der Waals surface area contributed by atoms with E-state index in [4.69, 9.17) is 10.5 Å². The summed E-state index contributed by atoms with van der Waals surface area (Å²) in [5, 5.41) is 0. The van der Waals surface area contributed by atoms with Gasteiger partial charge < -0.3 is 15.5 Å². The quantitative estimate of drug-likeness (QED) is 0.759. The third kappa shape index (κ3) is 3.09. The average molecular weight is 346 g/mol. The molecule has 0 saturated carbocycles. The fourth-order valence-electron chi connectivity index (χ4n) is 3.23. The van der Waals surface area contributed by atoms with Crippen LogP contribution in [0.3, 0.4) is 0 Å². The number of nitrogen functional groups attached to an aromatic ring is 1. The summed E-state index contributed by atoms with van der Waals surface area (Å²) >= 11 is 0. The van der Waals surface area contributed by atoms with Crippen molar-refractivity contribution in [3.63, 3.8) is 0 Å². The molecule has 6 heteroatoms. The lowest BCUT2D eigenvalue weighted by atomic mass is 9.87. The van der Waals surface area contributed by atoms with Gasteiger partial charge in [-0.1, -0.05) is 30.4 Å². The molecule has 3 aromatic rings. The number of aromatic amines is 1. The van der Waals surface area contributed by atoms with Crippen LogP contribution in [0.5, 0.6) is 11.5 Å². The van der Waals surface area contributed by atoms with E-state index in [2.05, 4.69) is 21.0 Å². The van der Waals surface area contributed by atoms with E-state index in [0.717, 1.165) is 34.7 Å². The number of hydrogen-bond donors (Lipinski definition) is 2. The average Bonchev–Trinajstić information content (AvgIpc) is 2.61. The Bertz CT molecular complexity index is 1060. The van der Waals surface area contributed by atoms with Gasteiger partial charge in [0, 0.05) is 35.7 Å². The van der Waals surface area contributed by atoms with E-state index >= 15 is 0 Å². The summed E-state index contributed by atoms with van der Waals surface area (Å²) in [4.78, 5) is 22.7. The number of nitrogens with zero attached hydrogens (tertiary/aromatic N) is 2. The van der Waals surface area contributed by atoms with Crippen LogP contribution < -0.4 is 16.0 Å². The summed E-state index contributed by atoms with van der Waals surface area (Å²) in [6.07, 6.45) is 6.46. The highest BCUT2D eigenvalue weighted by molar-refractivity contribution is 5.60. The molecule has 4 rings (SSSR count). The molecule has 3 N–H and O–H groups in total. The number of fused-ring (bicyclic) bond motifs is 1. The van der Waals surface area contributed by atoms with Crippen molar-refractivity contribution >= 4 is 12.0 Å². The van der Waals surface area contributed by atoms with Crippen molar-refractivity contribution in [3.8, 4) is 11.5 Å². The predicted octanol–water partition coefficient (Wildman–Crippen LogP) is 3.20. The van der Waals surface area contributed by atoms with Crippen LogP contribution in [0.4, 0.5) is 5.95 Å². The Morgan fingerprint density at radius 2 is 2.08 bits per heavy atom. The first-order valence-electron chi connectivity index (χ1n) is 8.37. The second-order valence-corrected chi connectivity index (χ2v) is 6.23. The summed E-state index contributed by atoms with van der Waals surface area (Å²) in [5.41, 5.74) is 9.50. The Morgan fingerprint density at radius 1 is 1.23 bits per heavy atom. The summed E-state index contributed by atoms with van der Waals surface area (Å²) in [6, 6.07) is 11.0. The molecular weight excluding hydrogens is 328 g/mol. The molecule has 6 nitrogen and oxygen atoms in total. The minimum atomic E-state index is -0.200. The van der Waals surface area contributed by atoms with Crippen LogP contribution in [0.2, 0.25) is 0 Å². The Labute approximate surface area is 150 Å². The molecule has 1 unspecified atom stereocenters. The molecule has 26 heavy (non-hydrogen) atoms. The van der Waals surface area contributed by atoms with E-state index in [0.29, 0.717) is 11.7 Å². The zero-order valence-corrected chi connectivity index (χ0v) is 14.3. The molecule has 1 aliphatic carbocycles. The fourth-order valence-corrected chi connectivity index (χ4v) is 3.23. The molecule has 0 radical (unpaired) electrons. The number of anilines is 1. The minimum absolute atomic E-state index is 0.106. The molecule has 1 aliphatic rings. The first-order chi connectivity index (χ1) is 12.6. The van der Waals surface area contributed by atoms with Gasteiger partial charge in [0.2, 0.25) is 5.95 Å². The third-order valence-electron chi connectivity index (χ3n) is 4.43. The van der Waals surface area contributed by atoms with E-state index in [1.54, 1.807) is 12.3 Å². The van der Waals surface area contributed by atoms with Crippen molar-refractivity contribution in [2.75, 3.05) is 5.73 Å². The van der Waals surface area contributed by atoms with Gasteiger partial charge in [-0.25, -0.2) is 9.97 Å².